The van der Waals surface area contributed by atoms with Crippen molar-refractivity contribution >= 4 is 23.4 Å². The van der Waals surface area contributed by atoms with Crippen molar-refractivity contribution in [1.29, 1.82) is 0 Å². The van der Waals surface area contributed by atoms with Crippen LogP contribution in [0.15, 0.2) is 64.5 Å². The highest BCUT2D eigenvalue weighted by atomic mass is 32.2. The van der Waals surface area contributed by atoms with Crippen LogP contribution in [-0.4, -0.2) is 15.9 Å². The zero-order valence-electron chi connectivity index (χ0n) is 16.8. The summed E-state index contributed by atoms with van der Waals surface area (Å²) in [5.41, 5.74) is 2.96. The second-order valence-electron chi connectivity index (χ2n) is 6.98. The second-order valence-corrected chi connectivity index (χ2v) is 7.95. The van der Waals surface area contributed by atoms with Gasteiger partial charge in [0.25, 0.3) is 5.56 Å². The van der Waals surface area contributed by atoms with Crippen LogP contribution in [0.2, 0.25) is 0 Å². The molecular weight excluding hydrogens is 401 g/mol. The first-order valence-corrected chi connectivity index (χ1v) is 10.9. The number of rotatable bonds is 9. The van der Waals surface area contributed by atoms with E-state index in [1.807, 2.05) is 24.3 Å². The lowest BCUT2D eigenvalue weighted by Gasteiger charge is -2.07. The average Bonchev–Trinajstić information content (AvgIpc) is 2.72. The molecule has 0 radical (unpaired) electrons. The molecule has 2 N–H and O–H groups in total. The monoisotopic (exact) mass is 425 g/mol. The topological polar surface area (TPSA) is 74.8 Å². The van der Waals surface area contributed by atoms with E-state index in [9.17, 15) is 14.0 Å². The lowest BCUT2D eigenvalue weighted by atomic mass is 10.1. The molecule has 0 bridgehead atoms. The molecule has 156 valence electrons. The van der Waals surface area contributed by atoms with Crippen LogP contribution in [0.25, 0.3) is 0 Å². The van der Waals surface area contributed by atoms with Gasteiger partial charge in [0.15, 0.2) is 5.16 Å². The molecule has 0 fully saturated rings. The standard InChI is InChI=1S/C23H24FN3O2S/c1-2-3-4-16-7-11-19(12-8-16)25-21(28)13-20-14-22(29)27-23(26-20)30-15-17-5-9-18(24)10-6-17/h5-12,14H,2-4,13,15H2,1H3,(H,25,28)(H,26,27,29). The van der Waals surface area contributed by atoms with Gasteiger partial charge in [0.2, 0.25) is 5.91 Å². The molecule has 0 atom stereocenters. The van der Waals surface area contributed by atoms with Crippen LogP contribution in [0, 0.1) is 5.82 Å². The largest absolute Gasteiger partial charge is 0.326 e. The summed E-state index contributed by atoms with van der Waals surface area (Å²) >= 11 is 1.33. The summed E-state index contributed by atoms with van der Waals surface area (Å²) in [6.45, 7) is 2.16. The molecule has 0 saturated carbocycles. The van der Waals surface area contributed by atoms with Crippen molar-refractivity contribution in [1.82, 2.24) is 9.97 Å². The first kappa shape index (κ1) is 21.8. The third-order valence-corrected chi connectivity index (χ3v) is 5.40. The number of H-pyrrole nitrogens is 1. The summed E-state index contributed by atoms with van der Waals surface area (Å²) in [5, 5.41) is 3.27. The third kappa shape index (κ3) is 6.84. The van der Waals surface area contributed by atoms with E-state index in [-0.39, 0.29) is 23.7 Å². The van der Waals surface area contributed by atoms with Crippen LogP contribution < -0.4 is 10.9 Å². The van der Waals surface area contributed by atoms with Gasteiger partial charge in [-0.2, -0.15) is 0 Å². The number of carbonyl (C=O) groups is 1. The zero-order chi connectivity index (χ0) is 21.3. The summed E-state index contributed by atoms with van der Waals surface area (Å²) < 4.78 is 13.0. The van der Waals surface area contributed by atoms with E-state index < -0.39 is 0 Å². The smallest absolute Gasteiger partial charge is 0.251 e. The minimum Gasteiger partial charge on any atom is -0.326 e. The van der Waals surface area contributed by atoms with Crippen LogP contribution in [0.5, 0.6) is 0 Å². The van der Waals surface area contributed by atoms with Crippen molar-refractivity contribution in [2.45, 2.75) is 43.5 Å². The van der Waals surface area contributed by atoms with Crippen molar-refractivity contribution in [3.05, 3.63) is 87.6 Å². The number of hydrogen-bond acceptors (Lipinski definition) is 4. The fraction of sp³-hybridized carbons (Fsp3) is 0.261. The molecule has 1 amide bonds. The molecule has 0 aliphatic rings. The number of nitrogens with zero attached hydrogens (tertiary/aromatic N) is 1. The Labute approximate surface area is 179 Å². The number of aromatic nitrogens is 2. The minimum atomic E-state index is -0.310. The highest BCUT2D eigenvalue weighted by molar-refractivity contribution is 7.98. The maximum absolute atomic E-state index is 13.0. The number of hydrogen-bond donors (Lipinski definition) is 2. The summed E-state index contributed by atoms with van der Waals surface area (Å²) in [6.07, 6.45) is 3.32. The zero-order valence-corrected chi connectivity index (χ0v) is 17.6. The van der Waals surface area contributed by atoms with E-state index in [2.05, 4.69) is 22.2 Å². The minimum absolute atomic E-state index is 0.00557. The maximum Gasteiger partial charge on any atom is 0.251 e. The van der Waals surface area contributed by atoms with Crippen LogP contribution in [-0.2, 0) is 23.4 Å². The van der Waals surface area contributed by atoms with Crippen LogP contribution in [0.3, 0.4) is 0 Å². The van der Waals surface area contributed by atoms with E-state index in [4.69, 9.17) is 0 Å². The van der Waals surface area contributed by atoms with Crippen molar-refractivity contribution in [2.75, 3.05) is 5.32 Å². The van der Waals surface area contributed by atoms with Gasteiger partial charge in [-0.05, 0) is 48.2 Å². The first-order chi connectivity index (χ1) is 14.5. The van der Waals surface area contributed by atoms with Gasteiger partial charge >= 0.3 is 0 Å². The summed E-state index contributed by atoms with van der Waals surface area (Å²) in [7, 11) is 0. The lowest BCUT2D eigenvalue weighted by molar-refractivity contribution is -0.115. The molecule has 0 saturated heterocycles. The fourth-order valence-electron chi connectivity index (χ4n) is 2.88. The number of aryl methyl sites for hydroxylation is 1. The van der Waals surface area contributed by atoms with Crippen molar-refractivity contribution in [3.63, 3.8) is 0 Å². The molecule has 5 nitrogen and oxygen atoms in total. The summed E-state index contributed by atoms with van der Waals surface area (Å²) in [5.74, 6) is 0.00580. The van der Waals surface area contributed by atoms with Crippen LogP contribution in [0.1, 0.15) is 36.6 Å². The van der Waals surface area contributed by atoms with E-state index in [1.54, 1.807) is 12.1 Å². The molecule has 1 heterocycles. The van der Waals surface area contributed by atoms with Gasteiger partial charge in [-0.25, -0.2) is 9.37 Å². The van der Waals surface area contributed by atoms with Crippen LogP contribution in [0.4, 0.5) is 10.1 Å². The lowest BCUT2D eigenvalue weighted by Crippen LogP contribution is -2.18. The molecule has 7 heteroatoms. The Bertz CT molecular complexity index is 1030. The highest BCUT2D eigenvalue weighted by Gasteiger charge is 2.09. The van der Waals surface area contributed by atoms with Crippen LogP contribution >= 0.6 is 11.8 Å². The number of amides is 1. The fourth-order valence-corrected chi connectivity index (χ4v) is 3.73. The summed E-state index contributed by atoms with van der Waals surface area (Å²) in [4.78, 5) is 31.3. The molecule has 3 rings (SSSR count). The van der Waals surface area contributed by atoms with Gasteiger partial charge in [-0.15, -0.1) is 0 Å². The number of nitrogens with one attached hydrogen (secondary N) is 2. The van der Waals surface area contributed by atoms with Gasteiger partial charge < -0.3 is 10.3 Å². The molecular formula is C23H24FN3O2S. The van der Waals surface area contributed by atoms with E-state index in [0.29, 0.717) is 16.6 Å². The number of anilines is 1. The first-order valence-electron chi connectivity index (χ1n) is 9.88. The maximum atomic E-state index is 13.0. The Hall–Kier alpha value is -2.93. The van der Waals surface area contributed by atoms with Gasteiger partial charge in [0.05, 0.1) is 12.1 Å². The second kappa shape index (κ2) is 10.7. The van der Waals surface area contributed by atoms with Crippen molar-refractivity contribution in [2.24, 2.45) is 0 Å². The predicted molar refractivity (Wildman–Crippen MR) is 118 cm³/mol. The Balaban J connectivity index is 1.58. The molecule has 0 spiro atoms. The normalized spacial score (nSPS) is 10.7. The molecule has 0 aliphatic heterocycles. The quantitative estimate of drug-likeness (QED) is 0.384. The Morgan fingerprint density at radius 2 is 1.80 bits per heavy atom. The molecule has 0 unspecified atom stereocenters. The number of carbonyl (C=O) groups excluding carboxylic acids is 1. The van der Waals surface area contributed by atoms with E-state index >= 15 is 0 Å². The van der Waals surface area contributed by atoms with E-state index in [0.717, 1.165) is 30.5 Å². The Kier molecular flexibility index (Phi) is 7.79. The number of unbranched alkanes of at least 4 members (excludes halogenated alkanes) is 1. The molecule has 3 aromatic rings. The van der Waals surface area contributed by atoms with Crippen molar-refractivity contribution < 1.29 is 9.18 Å². The van der Waals surface area contributed by atoms with Gasteiger partial charge in [-0.3, -0.25) is 9.59 Å². The molecule has 2 aromatic carbocycles. The number of benzene rings is 2. The Morgan fingerprint density at radius 1 is 1.10 bits per heavy atom. The molecule has 30 heavy (non-hydrogen) atoms. The van der Waals surface area contributed by atoms with Gasteiger partial charge in [-0.1, -0.05) is 49.4 Å². The van der Waals surface area contributed by atoms with Gasteiger partial charge in [0.1, 0.15) is 5.82 Å². The molecule has 0 aliphatic carbocycles. The van der Waals surface area contributed by atoms with Gasteiger partial charge in [0, 0.05) is 17.5 Å². The molecule has 1 aromatic heterocycles. The number of halogens is 1. The number of thioether (sulfide) groups is 1. The Morgan fingerprint density at radius 3 is 2.50 bits per heavy atom. The number of aromatic amines is 1. The SMILES string of the molecule is CCCCc1ccc(NC(=O)Cc2cc(=O)[nH]c(SCc3ccc(F)cc3)n2)cc1. The van der Waals surface area contributed by atoms with E-state index in [1.165, 1.54) is 35.5 Å². The summed E-state index contributed by atoms with van der Waals surface area (Å²) in [6, 6.07) is 15.3. The van der Waals surface area contributed by atoms with Crippen molar-refractivity contribution in [3.8, 4) is 0 Å². The highest BCUT2D eigenvalue weighted by Crippen LogP contribution is 2.19. The predicted octanol–water partition coefficient (Wildman–Crippen LogP) is 4.73. The average molecular weight is 426 g/mol. The third-order valence-electron chi connectivity index (χ3n) is 4.46.